The van der Waals surface area contributed by atoms with E-state index in [9.17, 15) is 0 Å². The fourth-order valence-corrected chi connectivity index (χ4v) is 3.16. The van der Waals surface area contributed by atoms with Gasteiger partial charge in [0.15, 0.2) is 0 Å². The van der Waals surface area contributed by atoms with E-state index in [2.05, 4.69) is 63.2 Å². The van der Waals surface area contributed by atoms with Gasteiger partial charge in [0.05, 0.1) is 0 Å². The highest BCUT2D eigenvalue weighted by molar-refractivity contribution is 5.33. The second kappa shape index (κ2) is 6.28. The Morgan fingerprint density at radius 1 is 1.20 bits per heavy atom. The number of benzene rings is 1. The predicted molar refractivity (Wildman–Crippen MR) is 87.2 cm³/mol. The Bertz CT molecular complexity index is 441. The fraction of sp³-hybridized carbons (Fsp3) is 0.667. The van der Waals surface area contributed by atoms with E-state index in [1.807, 2.05) is 0 Å². The summed E-state index contributed by atoms with van der Waals surface area (Å²) in [5.41, 5.74) is 4.73. The van der Waals surface area contributed by atoms with Crippen molar-refractivity contribution in [3.8, 4) is 0 Å². The summed E-state index contributed by atoms with van der Waals surface area (Å²) in [6.07, 6.45) is 2.63. The first-order chi connectivity index (χ1) is 9.41. The summed E-state index contributed by atoms with van der Waals surface area (Å²) in [5, 5.41) is 3.50. The Balaban J connectivity index is 2.02. The van der Waals surface area contributed by atoms with Crippen molar-refractivity contribution in [2.75, 3.05) is 26.7 Å². The molecule has 2 rings (SSSR count). The molecule has 20 heavy (non-hydrogen) atoms. The quantitative estimate of drug-likeness (QED) is 0.901. The van der Waals surface area contributed by atoms with Crippen LogP contribution in [0.25, 0.3) is 0 Å². The molecular formula is C18H30N2. The number of nitrogens with zero attached hydrogens (tertiary/aromatic N) is 1. The van der Waals surface area contributed by atoms with Gasteiger partial charge in [-0.3, -0.25) is 0 Å². The minimum absolute atomic E-state index is 0.441. The van der Waals surface area contributed by atoms with Crippen molar-refractivity contribution in [1.29, 1.82) is 0 Å². The lowest BCUT2D eigenvalue weighted by molar-refractivity contribution is 0.123. The molecule has 1 aliphatic rings. The highest BCUT2D eigenvalue weighted by atomic mass is 15.2. The molecule has 0 aliphatic carbocycles. The third-order valence-electron chi connectivity index (χ3n) is 4.80. The molecule has 1 unspecified atom stereocenters. The lowest BCUT2D eigenvalue weighted by Crippen LogP contribution is -2.41. The van der Waals surface area contributed by atoms with Crippen molar-refractivity contribution >= 4 is 0 Å². The van der Waals surface area contributed by atoms with Crippen LogP contribution in [-0.2, 0) is 0 Å². The number of likely N-dealkylation sites (N-methyl/N-ethyl adjacent to an activating group) is 1. The van der Waals surface area contributed by atoms with Crippen LogP contribution < -0.4 is 5.32 Å². The molecule has 1 aromatic carbocycles. The van der Waals surface area contributed by atoms with E-state index in [1.54, 1.807) is 0 Å². The average Bonchev–Trinajstić information content (AvgIpc) is 2.38. The molecule has 0 spiro atoms. The summed E-state index contributed by atoms with van der Waals surface area (Å²) in [4.78, 5) is 2.62. The van der Waals surface area contributed by atoms with Crippen molar-refractivity contribution in [3.63, 3.8) is 0 Å². The van der Waals surface area contributed by atoms with Crippen LogP contribution in [0, 0.1) is 19.3 Å². The average molecular weight is 274 g/mol. The zero-order chi connectivity index (χ0) is 14.8. The van der Waals surface area contributed by atoms with Gasteiger partial charge in [0.25, 0.3) is 0 Å². The van der Waals surface area contributed by atoms with Crippen LogP contribution >= 0.6 is 0 Å². The number of hydrogen-bond acceptors (Lipinski definition) is 2. The Labute approximate surface area is 124 Å². The lowest BCUT2D eigenvalue weighted by atomic mass is 9.82. The first-order valence-electron chi connectivity index (χ1n) is 7.88. The van der Waals surface area contributed by atoms with Crippen LogP contribution in [0.2, 0.25) is 0 Å². The number of likely N-dealkylation sites (tertiary alicyclic amines) is 1. The third kappa shape index (κ3) is 3.83. The van der Waals surface area contributed by atoms with Gasteiger partial charge in [-0.2, -0.15) is 0 Å². The van der Waals surface area contributed by atoms with Gasteiger partial charge in [0, 0.05) is 12.6 Å². The third-order valence-corrected chi connectivity index (χ3v) is 4.80. The fourth-order valence-electron chi connectivity index (χ4n) is 3.16. The summed E-state index contributed by atoms with van der Waals surface area (Å²) in [6, 6.07) is 7.25. The van der Waals surface area contributed by atoms with E-state index in [4.69, 9.17) is 0 Å². The van der Waals surface area contributed by atoms with Crippen molar-refractivity contribution in [1.82, 2.24) is 10.2 Å². The van der Waals surface area contributed by atoms with Crippen molar-refractivity contribution in [2.24, 2.45) is 5.41 Å². The zero-order valence-electron chi connectivity index (χ0n) is 13.8. The predicted octanol–water partition coefficient (Wildman–Crippen LogP) is 3.69. The Kier molecular flexibility index (Phi) is 4.87. The number of rotatable bonds is 4. The van der Waals surface area contributed by atoms with Crippen molar-refractivity contribution < 1.29 is 0 Å². The van der Waals surface area contributed by atoms with Gasteiger partial charge in [-0.25, -0.2) is 0 Å². The number of hydrogen-bond donors (Lipinski definition) is 1. The molecule has 0 amide bonds. The van der Waals surface area contributed by atoms with E-state index in [-0.39, 0.29) is 0 Å². The molecule has 1 N–H and O–H groups in total. The van der Waals surface area contributed by atoms with E-state index in [0.717, 1.165) is 6.54 Å². The molecule has 0 bridgehead atoms. The van der Waals surface area contributed by atoms with Crippen LogP contribution in [0.15, 0.2) is 18.2 Å². The van der Waals surface area contributed by atoms with E-state index in [0.29, 0.717) is 11.5 Å². The van der Waals surface area contributed by atoms with E-state index < -0.39 is 0 Å². The second-order valence-corrected chi connectivity index (χ2v) is 7.17. The Morgan fingerprint density at radius 2 is 1.85 bits per heavy atom. The van der Waals surface area contributed by atoms with Crippen LogP contribution in [0.4, 0.5) is 0 Å². The molecular weight excluding hydrogens is 244 g/mol. The molecule has 2 nitrogen and oxygen atoms in total. The van der Waals surface area contributed by atoms with Gasteiger partial charge in [-0.1, -0.05) is 37.6 Å². The monoisotopic (exact) mass is 274 g/mol. The van der Waals surface area contributed by atoms with Crippen LogP contribution in [-0.4, -0.2) is 31.6 Å². The summed E-state index contributed by atoms with van der Waals surface area (Å²) in [6.45, 7) is 12.8. The number of nitrogens with one attached hydrogen (secondary N) is 1. The van der Waals surface area contributed by atoms with Gasteiger partial charge in [-0.15, -0.1) is 0 Å². The molecule has 1 fully saturated rings. The zero-order valence-corrected chi connectivity index (χ0v) is 13.8. The van der Waals surface area contributed by atoms with Gasteiger partial charge >= 0.3 is 0 Å². The van der Waals surface area contributed by atoms with Crippen LogP contribution in [0.3, 0.4) is 0 Å². The van der Waals surface area contributed by atoms with Crippen molar-refractivity contribution in [3.05, 3.63) is 34.9 Å². The highest BCUT2D eigenvalue weighted by Gasteiger charge is 2.26. The minimum atomic E-state index is 0.441. The summed E-state index contributed by atoms with van der Waals surface area (Å²) in [7, 11) is 2.08. The SMILES string of the molecule is CNC(CN1CCC(C)(C)CC1)c1ccc(C)cc1C. The molecule has 112 valence electrons. The molecule has 1 atom stereocenters. The van der Waals surface area contributed by atoms with Crippen molar-refractivity contribution in [2.45, 2.75) is 46.6 Å². The van der Waals surface area contributed by atoms with Gasteiger partial charge < -0.3 is 10.2 Å². The molecule has 0 radical (unpaired) electrons. The molecule has 1 saturated heterocycles. The molecule has 1 aliphatic heterocycles. The Hall–Kier alpha value is -0.860. The maximum Gasteiger partial charge on any atom is 0.0449 e. The minimum Gasteiger partial charge on any atom is -0.312 e. The smallest absolute Gasteiger partial charge is 0.0449 e. The highest BCUT2D eigenvalue weighted by Crippen LogP contribution is 2.30. The summed E-state index contributed by atoms with van der Waals surface area (Å²) in [5.74, 6) is 0. The second-order valence-electron chi connectivity index (χ2n) is 7.17. The number of piperidine rings is 1. The normalized spacial score (nSPS) is 20.9. The molecule has 2 heteroatoms. The first-order valence-corrected chi connectivity index (χ1v) is 7.88. The maximum absolute atomic E-state index is 3.50. The first kappa shape index (κ1) is 15.5. The topological polar surface area (TPSA) is 15.3 Å². The largest absolute Gasteiger partial charge is 0.312 e. The van der Waals surface area contributed by atoms with Crippen LogP contribution in [0.5, 0.6) is 0 Å². The summed E-state index contributed by atoms with van der Waals surface area (Å²) < 4.78 is 0. The molecule has 0 saturated carbocycles. The van der Waals surface area contributed by atoms with Gasteiger partial charge in [0.2, 0.25) is 0 Å². The number of aryl methyl sites for hydroxylation is 2. The molecule has 0 aromatic heterocycles. The van der Waals surface area contributed by atoms with E-state index >= 15 is 0 Å². The summed E-state index contributed by atoms with van der Waals surface area (Å²) >= 11 is 0. The van der Waals surface area contributed by atoms with Gasteiger partial charge in [-0.05, 0) is 63.4 Å². The maximum atomic E-state index is 3.50. The van der Waals surface area contributed by atoms with Crippen LogP contribution in [0.1, 0.15) is 49.4 Å². The lowest BCUT2D eigenvalue weighted by Gasteiger charge is -2.38. The Morgan fingerprint density at radius 3 is 2.40 bits per heavy atom. The van der Waals surface area contributed by atoms with Gasteiger partial charge in [0.1, 0.15) is 0 Å². The molecule has 1 aromatic rings. The van der Waals surface area contributed by atoms with E-state index in [1.165, 1.54) is 42.6 Å². The standard InChI is InChI=1S/C18H30N2/c1-14-6-7-16(15(2)12-14)17(19-5)13-20-10-8-18(3,4)9-11-20/h6-7,12,17,19H,8-11,13H2,1-5H3. The molecule has 1 heterocycles.